The van der Waals surface area contributed by atoms with E-state index in [2.05, 4.69) is 28.1 Å². The van der Waals surface area contributed by atoms with Gasteiger partial charge in [-0.25, -0.2) is 0 Å². The number of halogens is 1. The van der Waals surface area contributed by atoms with Crippen molar-refractivity contribution in [3.63, 3.8) is 0 Å². The number of rotatable bonds is 4. The minimum absolute atomic E-state index is 0.0360. The van der Waals surface area contributed by atoms with Crippen LogP contribution in [-0.2, 0) is 17.6 Å². The van der Waals surface area contributed by atoms with Gasteiger partial charge in [-0.15, -0.1) is 0 Å². The molecule has 3 nitrogen and oxygen atoms in total. The van der Waals surface area contributed by atoms with Crippen LogP contribution in [0.5, 0.6) is 5.75 Å². The van der Waals surface area contributed by atoms with Gasteiger partial charge in [0.1, 0.15) is 5.75 Å². The molecule has 0 amide bonds. The summed E-state index contributed by atoms with van der Waals surface area (Å²) < 4.78 is 12.6. The van der Waals surface area contributed by atoms with E-state index in [1.807, 2.05) is 0 Å². The summed E-state index contributed by atoms with van der Waals surface area (Å²) in [5, 5.41) is 0. The van der Waals surface area contributed by atoms with Crippen molar-refractivity contribution in [3.8, 4) is 5.75 Å². The number of methoxy groups -OCH3 is 1. The van der Waals surface area contributed by atoms with Crippen molar-refractivity contribution >= 4 is 15.9 Å². The number of nitrogens with two attached hydrogens (primary N) is 1. The monoisotopic (exact) mass is 325 g/mol. The highest BCUT2D eigenvalue weighted by molar-refractivity contribution is 9.10. The van der Waals surface area contributed by atoms with E-state index in [0.717, 1.165) is 42.5 Å². The molecule has 1 aliphatic heterocycles. The van der Waals surface area contributed by atoms with Gasteiger partial charge in [-0.05, 0) is 48.9 Å². The largest absolute Gasteiger partial charge is 0.493 e. The molecular formula is C15H20BrNO2. The molecule has 2 aliphatic rings. The van der Waals surface area contributed by atoms with E-state index in [4.69, 9.17) is 15.2 Å². The summed E-state index contributed by atoms with van der Waals surface area (Å²) in [4.78, 5) is 0. The molecule has 1 atom stereocenters. The quantitative estimate of drug-likeness (QED) is 0.925. The third kappa shape index (κ3) is 2.30. The molecule has 1 fully saturated rings. The zero-order valence-electron chi connectivity index (χ0n) is 11.2. The zero-order valence-corrected chi connectivity index (χ0v) is 12.8. The Hall–Kier alpha value is -0.580. The Morgan fingerprint density at radius 1 is 1.47 bits per heavy atom. The molecule has 1 aromatic rings. The van der Waals surface area contributed by atoms with Crippen LogP contribution in [0.3, 0.4) is 0 Å². The van der Waals surface area contributed by atoms with Crippen LogP contribution in [0.25, 0.3) is 0 Å². The minimum atomic E-state index is -0.117. The maximum atomic E-state index is 6.40. The van der Waals surface area contributed by atoms with Gasteiger partial charge in [0.05, 0.1) is 12.2 Å². The number of fused-ring (bicyclic) bond motifs is 1. The summed E-state index contributed by atoms with van der Waals surface area (Å²) in [6, 6.07) is 4.31. The van der Waals surface area contributed by atoms with E-state index >= 15 is 0 Å². The molecule has 3 rings (SSSR count). The Labute approximate surface area is 122 Å². The fraction of sp³-hybridized carbons (Fsp3) is 0.600. The Kier molecular flexibility index (Phi) is 3.58. The average molecular weight is 326 g/mol. The van der Waals surface area contributed by atoms with Gasteiger partial charge >= 0.3 is 0 Å². The van der Waals surface area contributed by atoms with Crippen molar-refractivity contribution in [2.24, 2.45) is 5.73 Å². The van der Waals surface area contributed by atoms with E-state index in [1.165, 1.54) is 17.5 Å². The maximum Gasteiger partial charge on any atom is 0.125 e. The highest BCUT2D eigenvalue weighted by Gasteiger charge is 2.43. The van der Waals surface area contributed by atoms with Crippen LogP contribution in [0.1, 0.15) is 30.4 Å². The lowest BCUT2D eigenvalue weighted by molar-refractivity contribution is -0.0897. The highest BCUT2D eigenvalue weighted by atomic mass is 79.9. The van der Waals surface area contributed by atoms with Crippen LogP contribution in [0.2, 0.25) is 0 Å². The smallest absolute Gasteiger partial charge is 0.125 e. The van der Waals surface area contributed by atoms with Gasteiger partial charge < -0.3 is 15.2 Å². The summed E-state index contributed by atoms with van der Waals surface area (Å²) in [5.41, 5.74) is 8.78. The van der Waals surface area contributed by atoms with Crippen molar-refractivity contribution in [1.29, 1.82) is 0 Å². The number of hydrogen-bond donors (Lipinski definition) is 1. The van der Waals surface area contributed by atoms with Gasteiger partial charge in [0.15, 0.2) is 0 Å². The van der Waals surface area contributed by atoms with Gasteiger partial charge in [0, 0.05) is 24.0 Å². The second-order valence-corrected chi connectivity index (χ2v) is 6.50. The van der Waals surface area contributed by atoms with Gasteiger partial charge in [-0.3, -0.25) is 0 Å². The van der Waals surface area contributed by atoms with Gasteiger partial charge in [-0.2, -0.15) is 0 Å². The molecule has 1 saturated carbocycles. The normalized spacial score (nSPS) is 21.4. The van der Waals surface area contributed by atoms with Gasteiger partial charge in [0.2, 0.25) is 0 Å². The fourth-order valence-electron chi connectivity index (χ4n) is 3.17. The molecule has 1 unspecified atom stereocenters. The third-order valence-electron chi connectivity index (χ3n) is 4.55. The maximum absolute atomic E-state index is 6.40. The number of benzene rings is 1. The zero-order chi connectivity index (χ0) is 13.5. The number of ether oxygens (including phenoxy) is 2. The van der Waals surface area contributed by atoms with Crippen LogP contribution in [0.4, 0.5) is 0 Å². The summed E-state index contributed by atoms with van der Waals surface area (Å²) >= 11 is 3.58. The van der Waals surface area contributed by atoms with Crippen molar-refractivity contribution in [1.82, 2.24) is 0 Å². The highest BCUT2D eigenvalue weighted by Crippen LogP contribution is 2.40. The molecule has 1 aliphatic carbocycles. The van der Waals surface area contributed by atoms with E-state index in [1.54, 1.807) is 7.11 Å². The van der Waals surface area contributed by atoms with Gasteiger partial charge in [0.25, 0.3) is 0 Å². The van der Waals surface area contributed by atoms with E-state index in [0.29, 0.717) is 0 Å². The van der Waals surface area contributed by atoms with Crippen LogP contribution < -0.4 is 10.5 Å². The van der Waals surface area contributed by atoms with Crippen LogP contribution >= 0.6 is 15.9 Å². The Morgan fingerprint density at radius 3 is 2.89 bits per heavy atom. The predicted octanol–water partition coefficient (Wildman–Crippen LogP) is 2.82. The first kappa shape index (κ1) is 13.4. The predicted molar refractivity (Wildman–Crippen MR) is 78.6 cm³/mol. The summed E-state index contributed by atoms with van der Waals surface area (Å²) in [7, 11) is 1.78. The SMILES string of the molecule is COC1(C(N)Cc2cc(Br)cc3c2OCC3)CCC1. The number of hydrogen-bond acceptors (Lipinski definition) is 3. The van der Waals surface area contributed by atoms with Gasteiger partial charge in [-0.1, -0.05) is 15.9 Å². The first-order chi connectivity index (χ1) is 9.14. The Morgan fingerprint density at radius 2 is 2.26 bits per heavy atom. The van der Waals surface area contributed by atoms with E-state index < -0.39 is 0 Å². The molecule has 4 heteroatoms. The second-order valence-electron chi connectivity index (χ2n) is 5.58. The standard InChI is InChI=1S/C15H20BrNO2/c1-18-15(4-2-5-15)13(17)9-11-8-12(16)7-10-3-6-19-14(10)11/h7-8,13H,2-6,9,17H2,1H3. The molecule has 104 valence electrons. The molecule has 0 saturated heterocycles. The minimum Gasteiger partial charge on any atom is -0.493 e. The molecule has 0 aromatic heterocycles. The fourth-order valence-corrected chi connectivity index (χ4v) is 3.72. The van der Waals surface area contributed by atoms with Crippen molar-refractivity contribution in [2.45, 2.75) is 43.7 Å². The molecule has 0 radical (unpaired) electrons. The first-order valence-corrected chi connectivity index (χ1v) is 7.69. The molecule has 0 bridgehead atoms. The van der Waals surface area contributed by atoms with Crippen molar-refractivity contribution in [3.05, 3.63) is 27.7 Å². The van der Waals surface area contributed by atoms with Crippen LogP contribution in [0.15, 0.2) is 16.6 Å². The first-order valence-electron chi connectivity index (χ1n) is 6.89. The lowest BCUT2D eigenvalue weighted by Gasteiger charge is -2.45. The average Bonchev–Trinajstić information content (AvgIpc) is 2.76. The lowest BCUT2D eigenvalue weighted by Crippen LogP contribution is -2.55. The molecule has 0 spiro atoms. The Bertz CT molecular complexity index is 480. The lowest BCUT2D eigenvalue weighted by atomic mass is 9.73. The van der Waals surface area contributed by atoms with E-state index in [-0.39, 0.29) is 11.6 Å². The molecule has 1 heterocycles. The van der Waals surface area contributed by atoms with Crippen LogP contribution in [-0.4, -0.2) is 25.4 Å². The van der Waals surface area contributed by atoms with Crippen LogP contribution in [0, 0.1) is 0 Å². The summed E-state index contributed by atoms with van der Waals surface area (Å²) in [5.74, 6) is 1.05. The molecule has 19 heavy (non-hydrogen) atoms. The molecule has 1 aromatic carbocycles. The topological polar surface area (TPSA) is 44.5 Å². The summed E-state index contributed by atoms with van der Waals surface area (Å²) in [6.07, 6.45) is 5.17. The molecule has 2 N–H and O–H groups in total. The molecular weight excluding hydrogens is 306 g/mol. The van der Waals surface area contributed by atoms with E-state index in [9.17, 15) is 0 Å². The third-order valence-corrected chi connectivity index (χ3v) is 5.01. The van der Waals surface area contributed by atoms with Crippen molar-refractivity contribution in [2.75, 3.05) is 13.7 Å². The Balaban J connectivity index is 1.83. The van der Waals surface area contributed by atoms with Crippen molar-refractivity contribution < 1.29 is 9.47 Å². The summed E-state index contributed by atoms with van der Waals surface area (Å²) in [6.45, 7) is 0.781. The second kappa shape index (κ2) is 5.08.